The number of hydrogen-bond acceptors (Lipinski definition) is 3. The largest absolute Gasteiger partial charge is 0.477 e. The maximum atomic E-state index is 11.0. The fourth-order valence-electron chi connectivity index (χ4n) is 1.50. The van der Waals surface area contributed by atoms with Crippen LogP contribution in [0.1, 0.15) is 29.5 Å². The second kappa shape index (κ2) is 3.68. The second-order valence-electron chi connectivity index (χ2n) is 3.29. The lowest BCUT2D eigenvalue weighted by Gasteiger charge is -2.03. The summed E-state index contributed by atoms with van der Waals surface area (Å²) in [6.45, 7) is 2.03. The molecule has 0 saturated heterocycles. The normalized spacial score (nSPS) is 10.7. The van der Waals surface area contributed by atoms with E-state index in [2.05, 4.69) is 10.1 Å². The van der Waals surface area contributed by atoms with E-state index in [0.29, 0.717) is 5.65 Å². The Balaban J connectivity index is 2.63. The highest BCUT2D eigenvalue weighted by atomic mass is 16.4. The van der Waals surface area contributed by atoms with Gasteiger partial charge in [-0.25, -0.2) is 14.3 Å². The number of nitrogens with zero attached hydrogens (tertiary/aromatic N) is 3. The molecule has 0 aliphatic rings. The van der Waals surface area contributed by atoms with Crippen molar-refractivity contribution in [2.45, 2.75) is 19.8 Å². The Labute approximate surface area is 86.4 Å². The van der Waals surface area contributed by atoms with Crippen LogP contribution in [0, 0.1) is 0 Å². The molecule has 5 heteroatoms. The highest BCUT2D eigenvalue weighted by Crippen LogP contribution is 2.09. The lowest BCUT2D eigenvalue weighted by Crippen LogP contribution is -2.09. The first kappa shape index (κ1) is 9.64. The van der Waals surface area contributed by atoms with Crippen molar-refractivity contribution in [1.82, 2.24) is 14.6 Å². The van der Waals surface area contributed by atoms with Crippen molar-refractivity contribution >= 4 is 11.6 Å². The third kappa shape index (κ3) is 1.68. The molecular formula is C10H11N3O2. The molecule has 0 unspecified atom stereocenters. The van der Waals surface area contributed by atoms with Crippen LogP contribution in [0.4, 0.5) is 0 Å². The molecule has 0 aliphatic carbocycles. The van der Waals surface area contributed by atoms with E-state index in [1.165, 1.54) is 4.52 Å². The number of aryl methyl sites for hydroxylation is 1. The fraction of sp³-hybridized carbons (Fsp3) is 0.300. The maximum Gasteiger partial charge on any atom is 0.354 e. The third-order valence-electron chi connectivity index (χ3n) is 2.14. The third-order valence-corrected chi connectivity index (χ3v) is 2.14. The summed E-state index contributed by atoms with van der Waals surface area (Å²) in [4.78, 5) is 15.3. The van der Waals surface area contributed by atoms with Crippen molar-refractivity contribution in [2.24, 2.45) is 0 Å². The number of carboxylic acids is 1. The molecule has 0 fully saturated rings. The van der Waals surface area contributed by atoms with Crippen molar-refractivity contribution in [3.8, 4) is 0 Å². The summed E-state index contributed by atoms with van der Waals surface area (Å²) in [6, 6.07) is 3.28. The van der Waals surface area contributed by atoms with Crippen LogP contribution in [0.25, 0.3) is 5.65 Å². The zero-order valence-electron chi connectivity index (χ0n) is 8.34. The quantitative estimate of drug-likeness (QED) is 0.821. The minimum atomic E-state index is -0.983. The molecule has 0 aliphatic heterocycles. The van der Waals surface area contributed by atoms with Gasteiger partial charge in [-0.1, -0.05) is 13.3 Å². The monoisotopic (exact) mass is 205 g/mol. The van der Waals surface area contributed by atoms with Crippen LogP contribution in [0.3, 0.4) is 0 Å². The van der Waals surface area contributed by atoms with E-state index in [1.54, 1.807) is 18.3 Å². The van der Waals surface area contributed by atoms with Gasteiger partial charge in [0.2, 0.25) is 0 Å². The van der Waals surface area contributed by atoms with Crippen LogP contribution >= 0.6 is 0 Å². The van der Waals surface area contributed by atoms with Crippen molar-refractivity contribution < 1.29 is 9.90 Å². The molecule has 0 spiro atoms. The molecule has 2 aromatic heterocycles. The minimum Gasteiger partial charge on any atom is -0.477 e. The topological polar surface area (TPSA) is 67.5 Å². The van der Waals surface area contributed by atoms with E-state index in [1.807, 2.05) is 6.92 Å². The number of fused-ring (bicyclic) bond motifs is 1. The van der Waals surface area contributed by atoms with Gasteiger partial charge in [0, 0.05) is 11.8 Å². The highest BCUT2D eigenvalue weighted by molar-refractivity contribution is 5.86. The molecule has 0 radical (unpaired) electrons. The van der Waals surface area contributed by atoms with Gasteiger partial charge in [0.05, 0.1) is 6.20 Å². The van der Waals surface area contributed by atoms with E-state index in [0.717, 1.165) is 18.5 Å². The Morgan fingerprint density at radius 3 is 3.07 bits per heavy atom. The molecule has 0 atom stereocenters. The Hall–Kier alpha value is -1.91. The van der Waals surface area contributed by atoms with Gasteiger partial charge in [0.15, 0.2) is 11.3 Å². The Bertz CT molecular complexity index is 504. The van der Waals surface area contributed by atoms with Gasteiger partial charge < -0.3 is 5.11 Å². The zero-order chi connectivity index (χ0) is 10.8. The molecule has 0 saturated carbocycles. The molecular weight excluding hydrogens is 194 g/mol. The summed E-state index contributed by atoms with van der Waals surface area (Å²) in [5, 5.41) is 12.9. The van der Waals surface area contributed by atoms with Crippen molar-refractivity contribution in [3.05, 3.63) is 29.7 Å². The molecule has 1 N–H and O–H groups in total. The van der Waals surface area contributed by atoms with E-state index in [9.17, 15) is 4.79 Å². The number of carboxylic acid groups (broad SMARTS) is 1. The molecule has 0 aromatic carbocycles. The average molecular weight is 205 g/mol. The first-order valence-electron chi connectivity index (χ1n) is 4.79. The summed E-state index contributed by atoms with van der Waals surface area (Å²) in [5.41, 5.74) is 1.54. The van der Waals surface area contributed by atoms with Crippen LogP contribution in [0.2, 0.25) is 0 Å². The van der Waals surface area contributed by atoms with Crippen molar-refractivity contribution in [1.29, 1.82) is 0 Å². The van der Waals surface area contributed by atoms with Crippen LogP contribution < -0.4 is 0 Å². The van der Waals surface area contributed by atoms with Crippen molar-refractivity contribution in [2.75, 3.05) is 0 Å². The number of rotatable bonds is 3. The average Bonchev–Trinajstić information content (AvgIpc) is 2.64. The number of hydrogen-bond donors (Lipinski definition) is 1. The number of carbonyl (C=O) groups is 1. The van der Waals surface area contributed by atoms with Crippen LogP contribution in [0.15, 0.2) is 18.3 Å². The van der Waals surface area contributed by atoms with Gasteiger partial charge >= 0.3 is 5.97 Å². The Morgan fingerprint density at radius 1 is 1.60 bits per heavy atom. The number of aromatic nitrogens is 3. The van der Waals surface area contributed by atoms with Gasteiger partial charge in [-0.05, 0) is 12.5 Å². The summed E-state index contributed by atoms with van der Waals surface area (Å²) >= 11 is 0. The van der Waals surface area contributed by atoms with E-state index in [4.69, 9.17) is 5.11 Å². The second-order valence-corrected chi connectivity index (χ2v) is 3.29. The highest BCUT2D eigenvalue weighted by Gasteiger charge is 2.11. The lowest BCUT2D eigenvalue weighted by molar-refractivity contribution is 0.0687. The zero-order valence-corrected chi connectivity index (χ0v) is 8.34. The SMILES string of the molecule is CCCc1cc(C(=O)O)n2nccc2n1. The molecule has 78 valence electrons. The lowest BCUT2D eigenvalue weighted by atomic mass is 10.2. The van der Waals surface area contributed by atoms with Crippen LogP contribution in [-0.2, 0) is 6.42 Å². The molecule has 2 heterocycles. The smallest absolute Gasteiger partial charge is 0.354 e. The first-order valence-corrected chi connectivity index (χ1v) is 4.79. The van der Waals surface area contributed by atoms with Gasteiger partial charge in [-0.2, -0.15) is 5.10 Å². The Morgan fingerprint density at radius 2 is 2.40 bits per heavy atom. The number of aromatic carboxylic acids is 1. The minimum absolute atomic E-state index is 0.161. The molecule has 2 aromatic rings. The van der Waals surface area contributed by atoms with Crippen LogP contribution in [0.5, 0.6) is 0 Å². The van der Waals surface area contributed by atoms with Gasteiger partial charge in [0.25, 0.3) is 0 Å². The van der Waals surface area contributed by atoms with Gasteiger partial charge in [-0.3, -0.25) is 0 Å². The molecule has 0 amide bonds. The van der Waals surface area contributed by atoms with Crippen molar-refractivity contribution in [3.63, 3.8) is 0 Å². The van der Waals surface area contributed by atoms with E-state index >= 15 is 0 Å². The molecule has 15 heavy (non-hydrogen) atoms. The van der Waals surface area contributed by atoms with Crippen LogP contribution in [-0.4, -0.2) is 25.7 Å². The molecule has 0 bridgehead atoms. The predicted octanol–water partition coefficient (Wildman–Crippen LogP) is 1.38. The molecule has 2 rings (SSSR count). The fourth-order valence-corrected chi connectivity index (χ4v) is 1.50. The maximum absolute atomic E-state index is 11.0. The van der Waals surface area contributed by atoms with E-state index < -0.39 is 5.97 Å². The summed E-state index contributed by atoms with van der Waals surface area (Å²) in [6.07, 6.45) is 3.27. The summed E-state index contributed by atoms with van der Waals surface area (Å²) in [7, 11) is 0. The molecule has 5 nitrogen and oxygen atoms in total. The standard InChI is InChI=1S/C10H11N3O2/c1-2-3-7-6-8(10(14)15)13-9(12-7)4-5-11-13/h4-6H,2-3H2,1H3,(H,14,15). The Kier molecular flexibility index (Phi) is 2.37. The van der Waals surface area contributed by atoms with Gasteiger partial charge in [0.1, 0.15) is 0 Å². The summed E-state index contributed by atoms with van der Waals surface area (Å²) in [5.74, 6) is -0.983. The first-order chi connectivity index (χ1) is 7.22. The van der Waals surface area contributed by atoms with E-state index in [-0.39, 0.29) is 5.69 Å². The predicted molar refractivity (Wildman–Crippen MR) is 53.9 cm³/mol. The van der Waals surface area contributed by atoms with Gasteiger partial charge in [-0.15, -0.1) is 0 Å². The summed E-state index contributed by atoms with van der Waals surface area (Å²) < 4.78 is 1.33.